The SMILES string of the molecule is O=C(NCc1cn(Cc2ccccc2)nc1-c1ccccc1)c1ccc2nc[nH]c2c1. The van der Waals surface area contributed by atoms with Crippen molar-refractivity contribution < 1.29 is 4.79 Å². The summed E-state index contributed by atoms with van der Waals surface area (Å²) in [5, 5.41) is 7.85. The summed E-state index contributed by atoms with van der Waals surface area (Å²) in [5.74, 6) is -0.133. The number of hydrogen-bond acceptors (Lipinski definition) is 3. The normalized spacial score (nSPS) is 11.0. The van der Waals surface area contributed by atoms with E-state index in [2.05, 4.69) is 27.4 Å². The van der Waals surface area contributed by atoms with Gasteiger partial charge in [0.2, 0.25) is 0 Å². The van der Waals surface area contributed by atoms with Crippen LogP contribution >= 0.6 is 0 Å². The molecule has 3 aromatic carbocycles. The maximum absolute atomic E-state index is 12.8. The summed E-state index contributed by atoms with van der Waals surface area (Å²) in [6.45, 7) is 1.06. The third-order valence-corrected chi connectivity index (χ3v) is 5.19. The van der Waals surface area contributed by atoms with Gasteiger partial charge in [-0.2, -0.15) is 5.10 Å². The van der Waals surface area contributed by atoms with Gasteiger partial charge in [-0.15, -0.1) is 0 Å². The first kappa shape index (κ1) is 18.8. The van der Waals surface area contributed by atoms with Crippen LogP contribution in [0.15, 0.2) is 91.4 Å². The van der Waals surface area contributed by atoms with Gasteiger partial charge >= 0.3 is 0 Å². The molecule has 0 unspecified atom stereocenters. The molecule has 5 rings (SSSR count). The molecule has 6 nitrogen and oxygen atoms in total. The molecular formula is C25H21N5O. The van der Waals surface area contributed by atoms with E-state index >= 15 is 0 Å². The van der Waals surface area contributed by atoms with Crippen molar-refractivity contribution in [3.63, 3.8) is 0 Å². The molecule has 0 atom stereocenters. The lowest BCUT2D eigenvalue weighted by Crippen LogP contribution is -2.22. The van der Waals surface area contributed by atoms with Crippen molar-refractivity contribution in [2.24, 2.45) is 0 Å². The van der Waals surface area contributed by atoms with E-state index < -0.39 is 0 Å². The van der Waals surface area contributed by atoms with Crippen LogP contribution in [0.2, 0.25) is 0 Å². The van der Waals surface area contributed by atoms with Crippen LogP contribution in [-0.4, -0.2) is 25.7 Å². The number of carbonyl (C=O) groups is 1. The summed E-state index contributed by atoms with van der Waals surface area (Å²) < 4.78 is 1.93. The second-order valence-electron chi connectivity index (χ2n) is 7.37. The molecule has 0 radical (unpaired) electrons. The van der Waals surface area contributed by atoms with Crippen LogP contribution in [0.3, 0.4) is 0 Å². The van der Waals surface area contributed by atoms with E-state index in [1.807, 2.05) is 71.5 Å². The van der Waals surface area contributed by atoms with Crippen molar-refractivity contribution in [3.8, 4) is 11.3 Å². The molecule has 2 N–H and O–H groups in total. The third-order valence-electron chi connectivity index (χ3n) is 5.19. The Kier molecular flexibility index (Phi) is 5.02. The van der Waals surface area contributed by atoms with Gasteiger partial charge in [0, 0.05) is 29.4 Å². The number of benzene rings is 3. The van der Waals surface area contributed by atoms with Gasteiger partial charge in [-0.3, -0.25) is 9.48 Å². The molecule has 2 heterocycles. The number of fused-ring (bicyclic) bond motifs is 1. The molecule has 0 spiro atoms. The van der Waals surface area contributed by atoms with Gasteiger partial charge in [0.15, 0.2) is 0 Å². The first-order valence-corrected chi connectivity index (χ1v) is 10.1. The highest BCUT2D eigenvalue weighted by Gasteiger charge is 2.14. The molecule has 0 bridgehead atoms. The van der Waals surface area contributed by atoms with Gasteiger partial charge in [-0.1, -0.05) is 60.7 Å². The van der Waals surface area contributed by atoms with E-state index in [-0.39, 0.29) is 5.91 Å². The Hall–Kier alpha value is -4.19. The van der Waals surface area contributed by atoms with Gasteiger partial charge in [0.25, 0.3) is 5.91 Å². The number of nitrogens with zero attached hydrogens (tertiary/aromatic N) is 3. The molecule has 152 valence electrons. The minimum absolute atomic E-state index is 0.133. The van der Waals surface area contributed by atoms with Crippen LogP contribution in [-0.2, 0) is 13.1 Å². The molecule has 1 amide bonds. The number of carbonyl (C=O) groups excluding carboxylic acids is 1. The van der Waals surface area contributed by atoms with Crippen LogP contribution in [0, 0.1) is 0 Å². The zero-order chi connectivity index (χ0) is 21.0. The van der Waals surface area contributed by atoms with E-state index in [1.165, 1.54) is 5.56 Å². The van der Waals surface area contributed by atoms with Crippen molar-refractivity contribution in [1.29, 1.82) is 0 Å². The van der Waals surface area contributed by atoms with Gasteiger partial charge in [-0.25, -0.2) is 4.98 Å². The Morgan fingerprint density at radius 2 is 1.74 bits per heavy atom. The lowest BCUT2D eigenvalue weighted by molar-refractivity contribution is 0.0951. The number of imidazole rings is 1. The van der Waals surface area contributed by atoms with Gasteiger partial charge in [-0.05, 0) is 23.8 Å². The Morgan fingerprint density at radius 3 is 2.55 bits per heavy atom. The summed E-state index contributed by atoms with van der Waals surface area (Å²) in [7, 11) is 0. The number of amides is 1. The number of rotatable bonds is 6. The van der Waals surface area contributed by atoms with E-state index in [1.54, 1.807) is 12.4 Å². The predicted octanol–water partition coefficient (Wildman–Crippen LogP) is 4.40. The quantitative estimate of drug-likeness (QED) is 0.438. The zero-order valence-corrected chi connectivity index (χ0v) is 16.8. The van der Waals surface area contributed by atoms with E-state index in [0.29, 0.717) is 18.7 Å². The molecule has 0 aliphatic heterocycles. The maximum atomic E-state index is 12.8. The highest BCUT2D eigenvalue weighted by Crippen LogP contribution is 2.22. The predicted molar refractivity (Wildman–Crippen MR) is 120 cm³/mol. The minimum Gasteiger partial charge on any atom is -0.348 e. The van der Waals surface area contributed by atoms with Gasteiger partial charge in [0.1, 0.15) is 0 Å². The van der Waals surface area contributed by atoms with E-state index in [9.17, 15) is 4.79 Å². The Bertz CT molecular complexity index is 1320. The van der Waals surface area contributed by atoms with Crippen molar-refractivity contribution in [1.82, 2.24) is 25.1 Å². The van der Waals surface area contributed by atoms with Crippen LogP contribution in [0.25, 0.3) is 22.3 Å². The minimum atomic E-state index is -0.133. The fraction of sp³-hybridized carbons (Fsp3) is 0.0800. The number of aromatic amines is 1. The van der Waals surface area contributed by atoms with E-state index in [4.69, 9.17) is 5.10 Å². The average Bonchev–Trinajstić information content (AvgIpc) is 3.45. The van der Waals surface area contributed by atoms with Crippen LogP contribution in [0.5, 0.6) is 0 Å². The summed E-state index contributed by atoms with van der Waals surface area (Å²) in [6, 6.07) is 25.7. The van der Waals surface area contributed by atoms with Gasteiger partial charge in [0.05, 0.1) is 29.6 Å². The molecule has 0 fully saturated rings. The van der Waals surface area contributed by atoms with Crippen molar-refractivity contribution in [2.45, 2.75) is 13.1 Å². The lowest BCUT2D eigenvalue weighted by Gasteiger charge is -2.06. The zero-order valence-electron chi connectivity index (χ0n) is 16.8. The molecule has 0 saturated heterocycles. The van der Waals surface area contributed by atoms with E-state index in [0.717, 1.165) is 27.9 Å². The topological polar surface area (TPSA) is 75.6 Å². The Balaban J connectivity index is 1.39. The average molecular weight is 407 g/mol. The molecule has 0 aliphatic carbocycles. The molecule has 0 aliphatic rings. The van der Waals surface area contributed by atoms with Crippen molar-refractivity contribution in [2.75, 3.05) is 0 Å². The number of nitrogens with one attached hydrogen (secondary N) is 2. The van der Waals surface area contributed by atoms with Crippen molar-refractivity contribution >= 4 is 16.9 Å². The lowest BCUT2D eigenvalue weighted by atomic mass is 10.1. The maximum Gasteiger partial charge on any atom is 0.251 e. The Morgan fingerprint density at radius 1 is 0.968 bits per heavy atom. The van der Waals surface area contributed by atoms with Crippen LogP contribution < -0.4 is 5.32 Å². The van der Waals surface area contributed by atoms with Crippen LogP contribution in [0.1, 0.15) is 21.5 Å². The standard InChI is InChI=1S/C25H21N5O/c31-25(20-11-12-22-23(13-20)28-17-27-22)26-14-21-16-30(15-18-7-3-1-4-8-18)29-24(21)19-9-5-2-6-10-19/h1-13,16-17H,14-15H2,(H,26,31)(H,27,28). The fourth-order valence-electron chi connectivity index (χ4n) is 3.64. The van der Waals surface area contributed by atoms with Crippen molar-refractivity contribution in [3.05, 3.63) is 108 Å². The van der Waals surface area contributed by atoms with Gasteiger partial charge < -0.3 is 10.3 Å². The molecule has 31 heavy (non-hydrogen) atoms. The number of H-pyrrole nitrogens is 1. The molecule has 0 saturated carbocycles. The fourth-order valence-corrected chi connectivity index (χ4v) is 3.64. The third kappa shape index (κ3) is 4.09. The summed E-state index contributed by atoms with van der Waals surface area (Å²) in [6.07, 6.45) is 3.63. The summed E-state index contributed by atoms with van der Waals surface area (Å²) >= 11 is 0. The first-order valence-electron chi connectivity index (χ1n) is 10.1. The van der Waals surface area contributed by atoms with Crippen LogP contribution in [0.4, 0.5) is 0 Å². The second-order valence-corrected chi connectivity index (χ2v) is 7.37. The summed E-state index contributed by atoms with van der Waals surface area (Å²) in [4.78, 5) is 20.0. The Labute approximate surface area is 179 Å². The highest BCUT2D eigenvalue weighted by atomic mass is 16.1. The molecule has 2 aromatic heterocycles. The monoisotopic (exact) mass is 407 g/mol. The highest BCUT2D eigenvalue weighted by molar-refractivity contribution is 5.97. The summed E-state index contributed by atoms with van der Waals surface area (Å²) in [5.41, 5.74) is 6.32. The largest absolute Gasteiger partial charge is 0.348 e. The number of hydrogen-bond donors (Lipinski definition) is 2. The molecule has 5 aromatic rings. The number of aromatic nitrogens is 4. The second kappa shape index (κ2) is 8.28. The molecule has 6 heteroatoms. The molecular weight excluding hydrogens is 386 g/mol. The first-order chi connectivity index (χ1) is 15.3. The smallest absolute Gasteiger partial charge is 0.251 e.